The molecule has 4 nitrogen and oxygen atoms in total. The van der Waals surface area contributed by atoms with E-state index >= 15 is 0 Å². The average molecular weight is 380 g/mol. The number of ketones is 2. The summed E-state index contributed by atoms with van der Waals surface area (Å²) in [6, 6.07) is 4.59. The second kappa shape index (κ2) is 5.97. The van der Waals surface area contributed by atoms with Gasteiger partial charge in [0, 0.05) is 11.5 Å². The number of alkyl halides is 3. The molecule has 2 aliphatic rings. The second-order valence-corrected chi connectivity index (χ2v) is 7.58. The van der Waals surface area contributed by atoms with Crippen LogP contribution in [0.5, 0.6) is 0 Å². The van der Waals surface area contributed by atoms with Crippen molar-refractivity contribution in [3.8, 4) is 0 Å². The van der Waals surface area contributed by atoms with Crippen molar-refractivity contribution >= 4 is 11.6 Å². The zero-order valence-corrected chi connectivity index (χ0v) is 15.0. The lowest BCUT2D eigenvalue weighted by atomic mass is 9.74. The van der Waals surface area contributed by atoms with E-state index < -0.39 is 40.4 Å². The third kappa shape index (κ3) is 3.05. The molecule has 3 rings (SSSR count). The van der Waals surface area contributed by atoms with Crippen molar-refractivity contribution in [2.45, 2.75) is 39.3 Å². The lowest BCUT2D eigenvalue weighted by Gasteiger charge is -2.29. The van der Waals surface area contributed by atoms with E-state index in [9.17, 15) is 33.0 Å². The summed E-state index contributed by atoms with van der Waals surface area (Å²) in [5, 5.41) is 20.3. The van der Waals surface area contributed by atoms with Gasteiger partial charge in [-0.25, -0.2) is 0 Å². The molecule has 0 spiro atoms. The van der Waals surface area contributed by atoms with Crippen LogP contribution in [-0.4, -0.2) is 21.8 Å². The molecule has 0 bridgehead atoms. The summed E-state index contributed by atoms with van der Waals surface area (Å²) < 4.78 is 38.0. The number of benzene rings is 1. The Morgan fingerprint density at radius 1 is 1.15 bits per heavy atom. The van der Waals surface area contributed by atoms with Crippen LogP contribution in [0.4, 0.5) is 13.2 Å². The molecule has 0 aromatic heterocycles. The molecule has 1 aromatic carbocycles. The summed E-state index contributed by atoms with van der Waals surface area (Å²) in [6.45, 7) is 4.36. The number of rotatable bonds is 3. The molecule has 0 radical (unpaired) electrons. The van der Waals surface area contributed by atoms with E-state index in [-0.39, 0.29) is 22.8 Å². The first kappa shape index (κ1) is 19.2. The Hall–Kier alpha value is -2.57. The normalized spacial score (nSPS) is 25.0. The van der Waals surface area contributed by atoms with Gasteiger partial charge in [-0.05, 0) is 50.8 Å². The molecule has 1 aromatic rings. The van der Waals surface area contributed by atoms with Crippen LogP contribution in [0, 0.1) is 11.3 Å². The number of carbonyl (C=O) groups excluding carboxylic acids is 2. The smallest absolute Gasteiger partial charge is 0.416 e. The molecule has 0 heterocycles. The van der Waals surface area contributed by atoms with Gasteiger partial charge in [0.15, 0.2) is 11.6 Å². The van der Waals surface area contributed by atoms with Crippen molar-refractivity contribution in [1.82, 2.24) is 0 Å². The van der Waals surface area contributed by atoms with E-state index in [1.54, 1.807) is 0 Å². The Balaban J connectivity index is 1.85. The van der Waals surface area contributed by atoms with Gasteiger partial charge in [-0.1, -0.05) is 12.1 Å². The van der Waals surface area contributed by atoms with E-state index in [1.807, 2.05) is 0 Å². The van der Waals surface area contributed by atoms with Gasteiger partial charge >= 0.3 is 6.18 Å². The minimum absolute atomic E-state index is 0.0784. The Morgan fingerprint density at radius 2 is 1.70 bits per heavy atom. The summed E-state index contributed by atoms with van der Waals surface area (Å²) in [7, 11) is 0. The highest BCUT2D eigenvalue weighted by molar-refractivity contribution is 6.25. The maximum atomic E-state index is 12.8. The van der Waals surface area contributed by atoms with Gasteiger partial charge in [-0.2, -0.15) is 13.2 Å². The number of Topliss-reactive ketones (excluding diaryl/α,β-unsaturated/α-hetero) is 2. The van der Waals surface area contributed by atoms with E-state index in [2.05, 4.69) is 0 Å². The Labute approximate surface area is 154 Å². The van der Waals surface area contributed by atoms with Gasteiger partial charge in [-0.3, -0.25) is 9.59 Å². The fourth-order valence-electron chi connectivity index (χ4n) is 3.48. The molecule has 2 N–H and O–H groups in total. The molecule has 0 aliphatic heterocycles. The van der Waals surface area contributed by atoms with Gasteiger partial charge in [0.05, 0.1) is 11.0 Å². The van der Waals surface area contributed by atoms with Crippen molar-refractivity contribution < 1.29 is 33.0 Å². The topological polar surface area (TPSA) is 74.6 Å². The van der Waals surface area contributed by atoms with Crippen molar-refractivity contribution in [3.63, 3.8) is 0 Å². The predicted octanol–water partition coefficient (Wildman–Crippen LogP) is 4.63. The van der Waals surface area contributed by atoms with Crippen LogP contribution in [-0.2, 0) is 15.8 Å². The van der Waals surface area contributed by atoms with Crippen molar-refractivity contribution in [1.29, 1.82) is 0 Å². The van der Waals surface area contributed by atoms with Crippen molar-refractivity contribution in [2.24, 2.45) is 11.3 Å². The first-order chi connectivity index (χ1) is 12.4. The van der Waals surface area contributed by atoms with Crippen LogP contribution in [0.25, 0.3) is 0 Å². The molecular weight excluding hydrogens is 361 g/mol. The number of carbonyl (C=O) groups is 2. The van der Waals surface area contributed by atoms with E-state index in [0.29, 0.717) is 12.0 Å². The van der Waals surface area contributed by atoms with E-state index in [4.69, 9.17) is 0 Å². The molecule has 1 fully saturated rings. The Bertz CT molecular complexity index is 889. The fourth-order valence-corrected chi connectivity index (χ4v) is 3.48. The molecule has 2 atom stereocenters. The fraction of sp³-hybridized carbons (Fsp3) is 0.400. The van der Waals surface area contributed by atoms with Crippen LogP contribution >= 0.6 is 0 Å². The third-order valence-corrected chi connectivity index (χ3v) is 5.37. The van der Waals surface area contributed by atoms with Gasteiger partial charge in [0.1, 0.15) is 17.1 Å². The maximum Gasteiger partial charge on any atom is 0.416 e. The highest BCUT2D eigenvalue weighted by Crippen LogP contribution is 2.51. The summed E-state index contributed by atoms with van der Waals surface area (Å²) in [6.07, 6.45) is -4.04. The number of halogens is 3. The van der Waals surface area contributed by atoms with Crippen molar-refractivity contribution in [2.75, 3.05) is 0 Å². The Morgan fingerprint density at radius 3 is 2.22 bits per heavy atom. The molecule has 2 aliphatic carbocycles. The van der Waals surface area contributed by atoms with Crippen LogP contribution in [0.2, 0.25) is 0 Å². The number of aliphatic hydroxyl groups excluding tert-OH is 2. The molecule has 1 saturated carbocycles. The summed E-state index contributed by atoms with van der Waals surface area (Å²) >= 11 is 0. The zero-order chi connectivity index (χ0) is 20.3. The Kier molecular flexibility index (Phi) is 4.25. The minimum atomic E-state index is -4.43. The molecule has 0 saturated heterocycles. The van der Waals surface area contributed by atoms with Gasteiger partial charge in [-0.15, -0.1) is 0 Å². The number of hydrogen-bond donors (Lipinski definition) is 2. The van der Waals surface area contributed by atoms with Gasteiger partial charge in [0.25, 0.3) is 0 Å². The minimum Gasteiger partial charge on any atom is -0.511 e. The zero-order valence-electron chi connectivity index (χ0n) is 15.0. The molecule has 2 unspecified atom stereocenters. The quantitative estimate of drug-likeness (QED) is 0.750. The van der Waals surface area contributed by atoms with Crippen LogP contribution in [0.3, 0.4) is 0 Å². The summed E-state index contributed by atoms with van der Waals surface area (Å²) in [4.78, 5) is 25.4. The van der Waals surface area contributed by atoms with E-state index in [1.165, 1.54) is 32.9 Å². The molecule has 27 heavy (non-hydrogen) atoms. The number of allylic oxidation sites excluding steroid dienone is 3. The van der Waals surface area contributed by atoms with Crippen LogP contribution < -0.4 is 0 Å². The molecule has 7 heteroatoms. The highest BCUT2D eigenvalue weighted by Gasteiger charge is 2.51. The molecule has 144 valence electrons. The molecule has 0 amide bonds. The summed E-state index contributed by atoms with van der Waals surface area (Å²) in [5.74, 6) is -2.88. The first-order valence-corrected chi connectivity index (χ1v) is 8.47. The van der Waals surface area contributed by atoms with Crippen LogP contribution in [0.15, 0.2) is 46.9 Å². The maximum absolute atomic E-state index is 12.8. The number of hydrogen-bond acceptors (Lipinski definition) is 4. The largest absolute Gasteiger partial charge is 0.511 e. The first-order valence-electron chi connectivity index (χ1n) is 8.47. The average Bonchev–Trinajstić information content (AvgIpc) is 3.39. The molecular formula is C20H19F3O4. The third-order valence-electron chi connectivity index (χ3n) is 5.37. The van der Waals surface area contributed by atoms with Crippen molar-refractivity contribution in [3.05, 3.63) is 58.1 Å². The predicted molar refractivity (Wildman–Crippen MR) is 91.1 cm³/mol. The lowest BCUT2D eigenvalue weighted by Crippen LogP contribution is -2.36. The highest BCUT2D eigenvalue weighted by atomic mass is 19.4. The second-order valence-electron chi connectivity index (χ2n) is 7.58. The number of aliphatic hydroxyl groups is 2. The van der Waals surface area contributed by atoms with Crippen LogP contribution in [0.1, 0.15) is 44.2 Å². The van der Waals surface area contributed by atoms with Gasteiger partial charge < -0.3 is 10.2 Å². The summed E-state index contributed by atoms with van der Waals surface area (Å²) in [5.41, 5.74) is -1.76. The standard InChI is InChI=1S/C20H19F3O4/c1-9-15(24)14(18(27)19(2,3)17(9)26)16(25)13-8-12(13)10-4-6-11(7-5-10)20(21,22)23/h4-7,12-13,24,26H,8H2,1-3H3. The van der Waals surface area contributed by atoms with E-state index in [0.717, 1.165) is 12.1 Å². The van der Waals surface area contributed by atoms with Gasteiger partial charge in [0.2, 0.25) is 0 Å². The lowest BCUT2D eigenvalue weighted by molar-refractivity contribution is -0.137. The monoisotopic (exact) mass is 380 g/mol. The SMILES string of the molecule is CC1=C(O)C(C)(C)C(=O)C(C(=O)C2CC2c2ccc(C(F)(F)F)cc2)=C1O.